The average Bonchev–Trinajstić information content (AvgIpc) is 2.59. The Morgan fingerprint density at radius 2 is 1.40 bits per heavy atom. The number of rotatable bonds is 5. The topological polar surface area (TPSA) is 53.1 Å². The molecule has 5 heteroatoms. The second kappa shape index (κ2) is 7.21. The molecule has 128 valence electrons. The fraction of sp³-hybridized carbons (Fsp3) is 0.200. The van der Waals surface area contributed by atoms with Gasteiger partial charge in [-0.1, -0.05) is 18.2 Å². The van der Waals surface area contributed by atoms with Gasteiger partial charge in [0.15, 0.2) is 0 Å². The number of nitrogens with zero attached hydrogens (tertiary/aromatic N) is 3. The fourth-order valence-corrected chi connectivity index (χ4v) is 2.62. The lowest BCUT2D eigenvalue weighted by Crippen LogP contribution is -2.08. The summed E-state index contributed by atoms with van der Waals surface area (Å²) < 4.78 is 0. The molecule has 0 aliphatic carbocycles. The van der Waals surface area contributed by atoms with Crippen LogP contribution in [0.15, 0.2) is 54.9 Å². The largest absolute Gasteiger partial charge is 0.378 e. The second-order valence-electron chi connectivity index (χ2n) is 6.25. The van der Waals surface area contributed by atoms with E-state index in [9.17, 15) is 0 Å². The Morgan fingerprint density at radius 1 is 0.800 bits per heavy atom. The van der Waals surface area contributed by atoms with Gasteiger partial charge in [-0.3, -0.25) is 0 Å². The number of nitrogens with one attached hydrogen (secondary N) is 2. The van der Waals surface area contributed by atoms with Gasteiger partial charge in [0.25, 0.3) is 0 Å². The fourth-order valence-electron chi connectivity index (χ4n) is 2.62. The van der Waals surface area contributed by atoms with E-state index < -0.39 is 0 Å². The minimum atomic E-state index is 0.751. The lowest BCUT2D eigenvalue weighted by molar-refractivity contribution is 1.13. The van der Waals surface area contributed by atoms with Gasteiger partial charge in [0, 0.05) is 37.2 Å². The van der Waals surface area contributed by atoms with Crippen LogP contribution in [-0.4, -0.2) is 24.1 Å². The Bertz CT molecular complexity index is 836. The summed E-state index contributed by atoms with van der Waals surface area (Å²) >= 11 is 0. The van der Waals surface area contributed by atoms with Gasteiger partial charge in [0.1, 0.15) is 18.0 Å². The highest BCUT2D eigenvalue weighted by Gasteiger charge is 2.05. The molecule has 5 nitrogen and oxygen atoms in total. The zero-order valence-electron chi connectivity index (χ0n) is 15.0. The molecule has 0 saturated carbocycles. The number of aryl methyl sites for hydroxylation is 2. The Kier molecular flexibility index (Phi) is 4.84. The summed E-state index contributed by atoms with van der Waals surface area (Å²) in [7, 11) is 4.05. The van der Waals surface area contributed by atoms with Crippen molar-refractivity contribution in [1.29, 1.82) is 0 Å². The highest BCUT2D eigenvalue weighted by atomic mass is 15.1. The maximum atomic E-state index is 4.33. The van der Waals surface area contributed by atoms with Gasteiger partial charge in [-0.15, -0.1) is 0 Å². The smallest absolute Gasteiger partial charge is 0.135 e. The molecule has 0 saturated heterocycles. The number of aromatic nitrogens is 2. The van der Waals surface area contributed by atoms with Crippen LogP contribution in [0.5, 0.6) is 0 Å². The van der Waals surface area contributed by atoms with Crippen molar-refractivity contribution < 1.29 is 0 Å². The molecule has 0 unspecified atom stereocenters. The van der Waals surface area contributed by atoms with Crippen molar-refractivity contribution in [2.45, 2.75) is 13.8 Å². The van der Waals surface area contributed by atoms with E-state index in [2.05, 4.69) is 69.7 Å². The maximum absolute atomic E-state index is 4.33. The normalized spacial score (nSPS) is 10.4. The van der Waals surface area contributed by atoms with Crippen LogP contribution in [0.2, 0.25) is 0 Å². The van der Waals surface area contributed by atoms with E-state index in [4.69, 9.17) is 0 Å². The van der Waals surface area contributed by atoms with E-state index in [0.29, 0.717) is 0 Å². The van der Waals surface area contributed by atoms with Crippen molar-refractivity contribution >= 4 is 28.7 Å². The number of benzene rings is 2. The van der Waals surface area contributed by atoms with Crippen molar-refractivity contribution in [3.8, 4) is 0 Å². The molecular weight excluding hydrogens is 310 g/mol. The molecule has 1 aromatic heterocycles. The zero-order chi connectivity index (χ0) is 17.8. The first-order valence-corrected chi connectivity index (χ1v) is 8.22. The number of hydrogen-bond donors (Lipinski definition) is 2. The van der Waals surface area contributed by atoms with Gasteiger partial charge in [-0.05, 0) is 49.2 Å². The van der Waals surface area contributed by atoms with Crippen molar-refractivity contribution in [3.63, 3.8) is 0 Å². The van der Waals surface area contributed by atoms with Crippen LogP contribution in [0.3, 0.4) is 0 Å². The summed E-state index contributed by atoms with van der Waals surface area (Å²) in [5.41, 5.74) is 5.61. The van der Waals surface area contributed by atoms with Crippen molar-refractivity contribution in [2.75, 3.05) is 29.6 Å². The summed E-state index contributed by atoms with van der Waals surface area (Å²) in [5.74, 6) is 1.51. The predicted octanol–water partition coefficient (Wildman–Crippen LogP) is 4.65. The molecule has 0 atom stereocenters. The van der Waals surface area contributed by atoms with Gasteiger partial charge in [-0.2, -0.15) is 0 Å². The lowest BCUT2D eigenvalue weighted by Gasteiger charge is -2.14. The number of para-hydroxylation sites is 1. The Labute approximate surface area is 148 Å². The van der Waals surface area contributed by atoms with Crippen LogP contribution in [0, 0.1) is 13.8 Å². The number of hydrogen-bond acceptors (Lipinski definition) is 5. The van der Waals surface area contributed by atoms with Crippen LogP contribution >= 0.6 is 0 Å². The molecule has 0 aliphatic rings. The lowest BCUT2D eigenvalue weighted by atomic mass is 10.1. The van der Waals surface area contributed by atoms with Crippen LogP contribution in [0.4, 0.5) is 28.7 Å². The van der Waals surface area contributed by atoms with E-state index in [0.717, 1.165) is 28.7 Å². The van der Waals surface area contributed by atoms with Gasteiger partial charge >= 0.3 is 0 Å². The summed E-state index contributed by atoms with van der Waals surface area (Å²) in [6.07, 6.45) is 1.56. The van der Waals surface area contributed by atoms with E-state index in [1.807, 2.05) is 32.3 Å². The molecule has 2 aromatic carbocycles. The third-order valence-corrected chi connectivity index (χ3v) is 4.06. The van der Waals surface area contributed by atoms with E-state index in [1.165, 1.54) is 11.1 Å². The van der Waals surface area contributed by atoms with Crippen LogP contribution in [0.1, 0.15) is 11.1 Å². The Morgan fingerprint density at radius 3 is 2.00 bits per heavy atom. The second-order valence-corrected chi connectivity index (χ2v) is 6.25. The first-order chi connectivity index (χ1) is 12.0. The quantitative estimate of drug-likeness (QED) is 0.712. The van der Waals surface area contributed by atoms with Crippen molar-refractivity contribution in [1.82, 2.24) is 9.97 Å². The summed E-state index contributed by atoms with van der Waals surface area (Å²) in [5, 5.41) is 6.71. The van der Waals surface area contributed by atoms with Crippen molar-refractivity contribution in [2.24, 2.45) is 0 Å². The monoisotopic (exact) mass is 333 g/mol. The molecule has 0 radical (unpaired) electrons. The molecule has 0 fully saturated rings. The first-order valence-electron chi connectivity index (χ1n) is 8.22. The van der Waals surface area contributed by atoms with Gasteiger partial charge in [0.2, 0.25) is 0 Å². The maximum Gasteiger partial charge on any atom is 0.135 e. The summed E-state index contributed by atoms with van der Waals surface area (Å²) in [6, 6.07) is 16.3. The van der Waals surface area contributed by atoms with Crippen LogP contribution in [-0.2, 0) is 0 Å². The molecule has 0 aliphatic heterocycles. The molecule has 25 heavy (non-hydrogen) atoms. The van der Waals surface area contributed by atoms with Crippen molar-refractivity contribution in [3.05, 3.63) is 66.0 Å². The third kappa shape index (κ3) is 4.07. The molecule has 2 N–H and O–H groups in total. The SMILES string of the molecule is Cc1cccc(C)c1Nc1cc(Nc2ccc(N(C)C)cc2)ncn1. The van der Waals surface area contributed by atoms with E-state index in [1.54, 1.807) is 6.33 Å². The summed E-state index contributed by atoms with van der Waals surface area (Å²) in [4.78, 5) is 10.7. The Balaban J connectivity index is 1.77. The van der Waals surface area contributed by atoms with Crippen LogP contribution < -0.4 is 15.5 Å². The van der Waals surface area contributed by atoms with E-state index in [-0.39, 0.29) is 0 Å². The van der Waals surface area contributed by atoms with Gasteiger partial charge < -0.3 is 15.5 Å². The molecule has 1 heterocycles. The van der Waals surface area contributed by atoms with E-state index >= 15 is 0 Å². The molecule has 0 spiro atoms. The minimum Gasteiger partial charge on any atom is -0.378 e. The minimum absolute atomic E-state index is 0.751. The number of anilines is 5. The third-order valence-electron chi connectivity index (χ3n) is 4.06. The predicted molar refractivity (Wildman–Crippen MR) is 105 cm³/mol. The summed E-state index contributed by atoms with van der Waals surface area (Å²) in [6.45, 7) is 4.17. The highest BCUT2D eigenvalue weighted by Crippen LogP contribution is 2.25. The molecule has 0 bridgehead atoms. The molecule has 3 aromatic rings. The first kappa shape index (κ1) is 16.8. The Hall–Kier alpha value is -3.08. The average molecular weight is 333 g/mol. The molecular formula is C20H23N5. The highest BCUT2D eigenvalue weighted by molar-refractivity contribution is 5.67. The standard InChI is InChI=1S/C20H23N5/c1-14-6-5-7-15(2)20(14)24-19-12-18(21-13-22-19)23-16-8-10-17(11-9-16)25(3)4/h5-13H,1-4H3,(H2,21,22,23,24). The van der Waals surface area contributed by atoms with Crippen LogP contribution in [0.25, 0.3) is 0 Å². The van der Waals surface area contributed by atoms with Gasteiger partial charge in [-0.25, -0.2) is 9.97 Å². The van der Waals surface area contributed by atoms with Gasteiger partial charge in [0.05, 0.1) is 0 Å². The molecule has 3 rings (SSSR count). The zero-order valence-corrected chi connectivity index (χ0v) is 15.0. The molecule has 0 amide bonds.